The van der Waals surface area contributed by atoms with Gasteiger partial charge in [-0.2, -0.15) is 4.98 Å². The predicted octanol–water partition coefficient (Wildman–Crippen LogP) is 2.31. The highest BCUT2D eigenvalue weighted by Crippen LogP contribution is 2.21. The number of aryl methyl sites for hydroxylation is 1. The molecule has 0 spiro atoms. The van der Waals surface area contributed by atoms with Gasteiger partial charge in [-0.05, 0) is 18.2 Å². The summed E-state index contributed by atoms with van der Waals surface area (Å²) in [6.07, 6.45) is 2.53. The van der Waals surface area contributed by atoms with Gasteiger partial charge in [0.25, 0.3) is 0 Å². The van der Waals surface area contributed by atoms with Gasteiger partial charge in [-0.15, -0.1) is 0 Å². The summed E-state index contributed by atoms with van der Waals surface area (Å²) >= 11 is 0. The molecule has 4 nitrogen and oxygen atoms in total. The highest BCUT2D eigenvalue weighted by Gasteiger charge is 2.06. The number of methoxy groups -OCH3 is 1. The Bertz CT molecular complexity index is 451. The van der Waals surface area contributed by atoms with E-state index in [-0.39, 0.29) is 0 Å². The fourth-order valence-electron chi connectivity index (χ4n) is 1.28. The van der Waals surface area contributed by atoms with E-state index in [1.54, 1.807) is 19.4 Å². The third kappa shape index (κ3) is 1.98. The van der Waals surface area contributed by atoms with Crippen LogP contribution in [0, 0.1) is 0 Å². The van der Waals surface area contributed by atoms with E-state index >= 15 is 0 Å². The maximum absolute atomic E-state index is 5.57. The standard InChI is InChI=1S/C11H12N2O2/c1-3-8-4-5-10(15-8)9-6-7-12-11(13-9)14-2/h4-7H,3H2,1-2H3. The Kier molecular flexibility index (Phi) is 2.67. The monoisotopic (exact) mass is 204 g/mol. The van der Waals surface area contributed by atoms with Crippen molar-refractivity contribution in [3.8, 4) is 17.5 Å². The molecule has 0 N–H and O–H groups in total. The van der Waals surface area contributed by atoms with E-state index in [0.29, 0.717) is 6.01 Å². The molecule has 0 saturated heterocycles. The van der Waals surface area contributed by atoms with Crippen LogP contribution >= 0.6 is 0 Å². The van der Waals surface area contributed by atoms with Crippen molar-refractivity contribution in [2.45, 2.75) is 13.3 Å². The van der Waals surface area contributed by atoms with E-state index in [1.807, 2.05) is 19.1 Å². The lowest BCUT2D eigenvalue weighted by molar-refractivity contribution is 0.379. The molecule has 2 rings (SSSR count). The summed E-state index contributed by atoms with van der Waals surface area (Å²) in [4.78, 5) is 8.12. The molecule has 4 heteroatoms. The maximum Gasteiger partial charge on any atom is 0.316 e. The van der Waals surface area contributed by atoms with Crippen molar-refractivity contribution < 1.29 is 9.15 Å². The Labute approximate surface area is 87.9 Å². The van der Waals surface area contributed by atoms with Gasteiger partial charge in [0.05, 0.1) is 7.11 Å². The van der Waals surface area contributed by atoms with Gasteiger partial charge in [0.15, 0.2) is 5.76 Å². The van der Waals surface area contributed by atoms with Crippen molar-refractivity contribution in [1.29, 1.82) is 0 Å². The molecular formula is C11H12N2O2. The van der Waals surface area contributed by atoms with Crippen LogP contribution in [-0.2, 0) is 6.42 Å². The van der Waals surface area contributed by atoms with Crippen molar-refractivity contribution in [1.82, 2.24) is 9.97 Å². The molecule has 0 unspecified atom stereocenters. The van der Waals surface area contributed by atoms with Gasteiger partial charge in [-0.1, -0.05) is 6.92 Å². The van der Waals surface area contributed by atoms with Crippen molar-refractivity contribution >= 4 is 0 Å². The number of aromatic nitrogens is 2. The van der Waals surface area contributed by atoms with Crippen LogP contribution in [0.4, 0.5) is 0 Å². The largest absolute Gasteiger partial charge is 0.467 e. The molecule has 0 fully saturated rings. The van der Waals surface area contributed by atoms with Crippen LogP contribution in [-0.4, -0.2) is 17.1 Å². The van der Waals surface area contributed by atoms with E-state index in [4.69, 9.17) is 9.15 Å². The number of ether oxygens (including phenoxy) is 1. The van der Waals surface area contributed by atoms with Crippen LogP contribution < -0.4 is 4.74 Å². The molecule has 0 radical (unpaired) electrons. The molecule has 0 bridgehead atoms. The lowest BCUT2D eigenvalue weighted by atomic mass is 10.3. The topological polar surface area (TPSA) is 48.2 Å². The van der Waals surface area contributed by atoms with Crippen LogP contribution in [0.2, 0.25) is 0 Å². The van der Waals surface area contributed by atoms with Crippen LogP contribution in [0.25, 0.3) is 11.5 Å². The summed E-state index contributed by atoms with van der Waals surface area (Å²) in [5.41, 5.74) is 0.738. The van der Waals surface area contributed by atoms with Crippen molar-refractivity contribution in [2.75, 3.05) is 7.11 Å². The minimum Gasteiger partial charge on any atom is -0.467 e. The summed E-state index contributed by atoms with van der Waals surface area (Å²) in [6.45, 7) is 2.04. The molecule has 0 aliphatic heterocycles. The molecule has 0 aromatic carbocycles. The molecule has 2 aromatic heterocycles. The molecule has 2 aromatic rings. The van der Waals surface area contributed by atoms with Gasteiger partial charge in [0.2, 0.25) is 0 Å². The second-order valence-corrected chi connectivity index (χ2v) is 3.05. The van der Waals surface area contributed by atoms with E-state index < -0.39 is 0 Å². The van der Waals surface area contributed by atoms with E-state index in [9.17, 15) is 0 Å². The number of hydrogen-bond donors (Lipinski definition) is 0. The fraction of sp³-hybridized carbons (Fsp3) is 0.273. The Morgan fingerprint density at radius 2 is 2.20 bits per heavy atom. The summed E-state index contributed by atoms with van der Waals surface area (Å²) in [5.74, 6) is 1.69. The highest BCUT2D eigenvalue weighted by atomic mass is 16.5. The number of rotatable bonds is 3. The smallest absolute Gasteiger partial charge is 0.316 e. The van der Waals surface area contributed by atoms with Crippen molar-refractivity contribution in [3.63, 3.8) is 0 Å². The molecule has 0 amide bonds. The van der Waals surface area contributed by atoms with E-state index in [2.05, 4.69) is 9.97 Å². The third-order valence-electron chi connectivity index (χ3n) is 2.08. The molecule has 15 heavy (non-hydrogen) atoms. The van der Waals surface area contributed by atoms with Gasteiger partial charge in [-0.3, -0.25) is 0 Å². The zero-order valence-electron chi connectivity index (χ0n) is 8.73. The second-order valence-electron chi connectivity index (χ2n) is 3.05. The first-order valence-corrected chi connectivity index (χ1v) is 4.79. The average Bonchev–Trinajstić information content (AvgIpc) is 2.78. The van der Waals surface area contributed by atoms with E-state index in [1.165, 1.54) is 0 Å². The molecule has 0 aliphatic carbocycles. The minimum atomic E-state index is 0.349. The molecular weight excluding hydrogens is 192 g/mol. The van der Waals surface area contributed by atoms with Crippen LogP contribution in [0.5, 0.6) is 6.01 Å². The summed E-state index contributed by atoms with van der Waals surface area (Å²) in [6, 6.07) is 5.99. The second kappa shape index (κ2) is 4.13. The average molecular weight is 204 g/mol. The molecule has 0 atom stereocenters. The first-order valence-electron chi connectivity index (χ1n) is 4.79. The maximum atomic E-state index is 5.57. The van der Waals surface area contributed by atoms with Gasteiger partial charge in [-0.25, -0.2) is 4.98 Å². The lowest BCUT2D eigenvalue weighted by Crippen LogP contribution is -1.92. The van der Waals surface area contributed by atoms with Gasteiger partial charge in [0, 0.05) is 12.6 Å². The number of furan rings is 1. The summed E-state index contributed by atoms with van der Waals surface area (Å²) < 4.78 is 10.5. The van der Waals surface area contributed by atoms with Crippen molar-refractivity contribution in [3.05, 3.63) is 30.2 Å². The number of hydrogen-bond acceptors (Lipinski definition) is 4. The summed E-state index contributed by atoms with van der Waals surface area (Å²) in [5, 5.41) is 0. The molecule has 0 aliphatic rings. The highest BCUT2D eigenvalue weighted by molar-refractivity contribution is 5.51. The first kappa shape index (κ1) is 9.71. The molecule has 2 heterocycles. The number of nitrogens with zero attached hydrogens (tertiary/aromatic N) is 2. The first-order chi connectivity index (χ1) is 7.33. The van der Waals surface area contributed by atoms with Crippen LogP contribution in [0.1, 0.15) is 12.7 Å². The molecule has 78 valence electrons. The fourth-order valence-corrected chi connectivity index (χ4v) is 1.28. The normalized spacial score (nSPS) is 10.3. The minimum absolute atomic E-state index is 0.349. The van der Waals surface area contributed by atoms with Gasteiger partial charge < -0.3 is 9.15 Å². The zero-order chi connectivity index (χ0) is 10.7. The van der Waals surface area contributed by atoms with E-state index in [0.717, 1.165) is 23.6 Å². The van der Waals surface area contributed by atoms with Crippen LogP contribution in [0.3, 0.4) is 0 Å². The van der Waals surface area contributed by atoms with Crippen molar-refractivity contribution in [2.24, 2.45) is 0 Å². The molecule has 0 saturated carbocycles. The Hall–Kier alpha value is -1.84. The predicted molar refractivity (Wildman–Crippen MR) is 55.7 cm³/mol. The SMILES string of the molecule is CCc1ccc(-c2ccnc(OC)n2)o1. The Balaban J connectivity index is 2.35. The van der Waals surface area contributed by atoms with Gasteiger partial charge >= 0.3 is 6.01 Å². The third-order valence-corrected chi connectivity index (χ3v) is 2.08. The Morgan fingerprint density at radius 1 is 1.33 bits per heavy atom. The zero-order valence-corrected chi connectivity index (χ0v) is 8.73. The summed E-state index contributed by atoms with van der Waals surface area (Å²) in [7, 11) is 1.54. The Morgan fingerprint density at radius 3 is 2.87 bits per heavy atom. The van der Waals surface area contributed by atoms with Gasteiger partial charge in [0.1, 0.15) is 11.5 Å². The quantitative estimate of drug-likeness (QED) is 0.769. The van der Waals surface area contributed by atoms with Crippen LogP contribution in [0.15, 0.2) is 28.8 Å². The lowest BCUT2D eigenvalue weighted by Gasteiger charge is -1.99.